The zero-order valence-corrected chi connectivity index (χ0v) is 14.5. The number of carboxylic acids is 2. The van der Waals surface area contributed by atoms with Crippen molar-refractivity contribution in [3.8, 4) is 0 Å². The number of nitrogens with zero attached hydrogens (tertiary/aromatic N) is 1. The minimum atomic E-state index is -1.47. The van der Waals surface area contributed by atoms with Crippen molar-refractivity contribution in [3.05, 3.63) is 35.0 Å². The summed E-state index contributed by atoms with van der Waals surface area (Å²) in [5, 5.41) is 21.2. The number of aromatic nitrogens is 1. The van der Waals surface area contributed by atoms with E-state index < -0.39 is 30.3 Å². The van der Waals surface area contributed by atoms with Gasteiger partial charge in [-0.25, -0.2) is 4.79 Å². The summed E-state index contributed by atoms with van der Waals surface area (Å²) >= 11 is 0. The molecule has 1 aromatic carbocycles. The summed E-state index contributed by atoms with van der Waals surface area (Å²) in [5.74, 6) is -3.24. The third-order valence-electron chi connectivity index (χ3n) is 4.30. The number of rotatable bonds is 7. The van der Waals surface area contributed by atoms with Crippen molar-refractivity contribution in [2.45, 2.75) is 46.2 Å². The number of carbonyl (C=O) groups excluding carboxylic acids is 1. The van der Waals surface area contributed by atoms with Gasteiger partial charge in [0.25, 0.3) is 5.91 Å². The standard InChI is InChI=1S/C18H22N2O5/c1-4-11-6-7-14-12(8-11)10(3)16(20(14)5-2)17(23)19-13(18(24)25)9-15(21)22/h6-8,13H,4-5,9H2,1-3H3,(H,19,23)(H,21,22)(H,24,25). The zero-order chi connectivity index (χ0) is 18.7. The first kappa shape index (κ1) is 18.5. The molecule has 1 aromatic heterocycles. The zero-order valence-electron chi connectivity index (χ0n) is 14.5. The maximum atomic E-state index is 12.7. The van der Waals surface area contributed by atoms with E-state index in [1.807, 2.05) is 43.5 Å². The van der Waals surface area contributed by atoms with Gasteiger partial charge in [0.1, 0.15) is 11.7 Å². The van der Waals surface area contributed by atoms with Gasteiger partial charge < -0.3 is 20.1 Å². The minimum absolute atomic E-state index is 0.363. The number of aryl methyl sites for hydroxylation is 3. The molecule has 2 aromatic rings. The Morgan fingerprint density at radius 3 is 2.40 bits per heavy atom. The fourth-order valence-corrected chi connectivity index (χ4v) is 3.01. The van der Waals surface area contributed by atoms with Crippen LogP contribution >= 0.6 is 0 Å². The lowest BCUT2D eigenvalue weighted by Gasteiger charge is -2.14. The Kier molecular flexibility index (Phi) is 5.46. The number of fused-ring (bicyclic) bond motifs is 1. The van der Waals surface area contributed by atoms with Gasteiger partial charge in [-0.15, -0.1) is 0 Å². The average molecular weight is 346 g/mol. The van der Waals surface area contributed by atoms with Crippen LogP contribution in [0.3, 0.4) is 0 Å². The molecule has 0 saturated heterocycles. The molecule has 0 aliphatic rings. The lowest BCUT2D eigenvalue weighted by Crippen LogP contribution is -2.43. The number of aliphatic carboxylic acids is 2. The third kappa shape index (κ3) is 3.65. The summed E-state index contributed by atoms with van der Waals surface area (Å²) in [6.45, 7) is 6.30. The number of hydrogen-bond acceptors (Lipinski definition) is 3. The van der Waals surface area contributed by atoms with Crippen LogP contribution < -0.4 is 5.32 Å². The number of amides is 1. The normalized spacial score (nSPS) is 12.1. The van der Waals surface area contributed by atoms with Crippen molar-refractivity contribution in [2.75, 3.05) is 0 Å². The molecule has 7 nitrogen and oxygen atoms in total. The lowest BCUT2D eigenvalue weighted by molar-refractivity contribution is -0.145. The van der Waals surface area contributed by atoms with Crippen LogP contribution in [0.5, 0.6) is 0 Å². The molecule has 1 amide bonds. The highest BCUT2D eigenvalue weighted by Crippen LogP contribution is 2.27. The molecule has 0 aliphatic heterocycles. The van der Waals surface area contributed by atoms with Crippen LogP contribution in [0.25, 0.3) is 10.9 Å². The van der Waals surface area contributed by atoms with Crippen LogP contribution in [0.1, 0.15) is 41.9 Å². The second-order valence-electron chi connectivity index (χ2n) is 5.89. The van der Waals surface area contributed by atoms with Gasteiger partial charge in [0.15, 0.2) is 0 Å². The van der Waals surface area contributed by atoms with Crippen molar-refractivity contribution < 1.29 is 24.6 Å². The number of nitrogens with one attached hydrogen (secondary N) is 1. The van der Waals surface area contributed by atoms with E-state index >= 15 is 0 Å². The smallest absolute Gasteiger partial charge is 0.326 e. The van der Waals surface area contributed by atoms with Gasteiger partial charge in [-0.3, -0.25) is 9.59 Å². The van der Waals surface area contributed by atoms with Crippen LogP contribution in [0.15, 0.2) is 18.2 Å². The molecule has 1 heterocycles. The molecule has 7 heteroatoms. The topological polar surface area (TPSA) is 109 Å². The molecule has 0 radical (unpaired) electrons. The van der Waals surface area contributed by atoms with Crippen LogP contribution in [-0.4, -0.2) is 38.7 Å². The fraction of sp³-hybridized carbons (Fsp3) is 0.389. The van der Waals surface area contributed by atoms with Crippen LogP contribution in [-0.2, 0) is 22.6 Å². The highest BCUT2D eigenvalue weighted by atomic mass is 16.4. The van der Waals surface area contributed by atoms with Crippen molar-refractivity contribution >= 4 is 28.7 Å². The fourth-order valence-electron chi connectivity index (χ4n) is 3.01. The van der Waals surface area contributed by atoms with Gasteiger partial charge in [-0.05, 0) is 43.5 Å². The summed E-state index contributed by atoms with van der Waals surface area (Å²) in [6, 6.07) is 4.51. The first-order valence-electron chi connectivity index (χ1n) is 8.17. The quantitative estimate of drug-likeness (QED) is 0.712. The molecule has 0 fully saturated rings. The molecule has 1 unspecified atom stereocenters. The molecule has 0 saturated carbocycles. The molecule has 3 N–H and O–H groups in total. The van der Waals surface area contributed by atoms with Crippen LogP contribution in [0.2, 0.25) is 0 Å². The van der Waals surface area contributed by atoms with Gasteiger partial charge in [0.2, 0.25) is 0 Å². The van der Waals surface area contributed by atoms with E-state index in [0.717, 1.165) is 28.5 Å². The Hall–Kier alpha value is -2.83. The number of carboxylic acid groups (broad SMARTS) is 2. The third-order valence-corrected chi connectivity index (χ3v) is 4.30. The Labute approximate surface area is 145 Å². The van der Waals surface area contributed by atoms with Gasteiger partial charge in [-0.2, -0.15) is 0 Å². The van der Waals surface area contributed by atoms with Gasteiger partial charge in [0, 0.05) is 17.4 Å². The number of carbonyl (C=O) groups is 3. The first-order chi connectivity index (χ1) is 11.8. The van der Waals surface area contributed by atoms with Crippen molar-refractivity contribution in [1.29, 1.82) is 0 Å². The minimum Gasteiger partial charge on any atom is -0.481 e. The van der Waals surface area contributed by atoms with Crippen LogP contribution in [0, 0.1) is 6.92 Å². The predicted octanol–water partition coefficient (Wildman–Crippen LogP) is 2.19. The average Bonchev–Trinajstić information content (AvgIpc) is 2.85. The van der Waals surface area contributed by atoms with E-state index in [-0.39, 0.29) is 0 Å². The first-order valence-corrected chi connectivity index (χ1v) is 8.17. The molecular formula is C18H22N2O5. The summed E-state index contributed by atoms with van der Waals surface area (Å²) in [4.78, 5) is 34.7. The molecule has 0 bridgehead atoms. The highest BCUT2D eigenvalue weighted by molar-refractivity contribution is 6.03. The molecule has 1 atom stereocenters. The Bertz CT molecular complexity index is 838. The van der Waals surface area contributed by atoms with Crippen molar-refractivity contribution in [2.24, 2.45) is 0 Å². The van der Waals surface area contributed by atoms with Gasteiger partial charge >= 0.3 is 11.9 Å². The monoisotopic (exact) mass is 346 g/mol. The second-order valence-corrected chi connectivity index (χ2v) is 5.89. The summed E-state index contributed by atoms with van der Waals surface area (Å²) in [6.07, 6.45) is 0.195. The highest BCUT2D eigenvalue weighted by Gasteiger charge is 2.27. The van der Waals surface area contributed by atoms with Gasteiger partial charge in [0.05, 0.1) is 6.42 Å². The molecule has 2 rings (SSSR count). The molecule has 25 heavy (non-hydrogen) atoms. The predicted molar refractivity (Wildman–Crippen MR) is 92.9 cm³/mol. The van der Waals surface area contributed by atoms with E-state index in [1.54, 1.807) is 0 Å². The Morgan fingerprint density at radius 2 is 1.88 bits per heavy atom. The number of benzene rings is 1. The summed E-state index contributed by atoms with van der Waals surface area (Å²) < 4.78 is 1.82. The SMILES string of the molecule is CCc1ccc2c(c1)c(C)c(C(=O)NC(CC(=O)O)C(=O)O)n2CC. The van der Waals surface area contributed by atoms with Crippen molar-refractivity contribution in [3.63, 3.8) is 0 Å². The summed E-state index contributed by atoms with van der Waals surface area (Å²) in [5.41, 5.74) is 3.16. The molecule has 0 aliphatic carbocycles. The van der Waals surface area contributed by atoms with Crippen LogP contribution in [0.4, 0.5) is 0 Å². The maximum absolute atomic E-state index is 12.7. The van der Waals surface area contributed by atoms with E-state index in [1.165, 1.54) is 0 Å². The van der Waals surface area contributed by atoms with E-state index in [9.17, 15) is 14.4 Å². The van der Waals surface area contributed by atoms with E-state index in [0.29, 0.717) is 12.2 Å². The Balaban J connectivity index is 2.48. The van der Waals surface area contributed by atoms with Crippen molar-refractivity contribution in [1.82, 2.24) is 9.88 Å². The molecule has 134 valence electrons. The lowest BCUT2D eigenvalue weighted by atomic mass is 10.1. The largest absolute Gasteiger partial charge is 0.481 e. The van der Waals surface area contributed by atoms with Gasteiger partial charge in [-0.1, -0.05) is 13.0 Å². The molecular weight excluding hydrogens is 324 g/mol. The second kappa shape index (κ2) is 7.38. The summed E-state index contributed by atoms with van der Waals surface area (Å²) in [7, 11) is 0. The maximum Gasteiger partial charge on any atom is 0.326 e. The van der Waals surface area contributed by atoms with E-state index in [4.69, 9.17) is 10.2 Å². The van der Waals surface area contributed by atoms with E-state index in [2.05, 4.69) is 5.32 Å². The molecule has 0 spiro atoms. The Morgan fingerprint density at radius 1 is 1.20 bits per heavy atom. The number of hydrogen-bond donors (Lipinski definition) is 3.